The monoisotopic (exact) mass is 382 g/mol. The van der Waals surface area contributed by atoms with E-state index in [1.165, 1.54) is 11.8 Å². The number of halogens is 1. The molecule has 1 unspecified atom stereocenters. The number of nitrogens with zero attached hydrogens (tertiary/aromatic N) is 3. The van der Waals surface area contributed by atoms with Crippen LogP contribution in [0.1, 0.15) is 12.8 Å². The minimum Gasteiger partial charge on any atom is -0.369 e. The highest BCUT2D eigenvalue weighted by atomic mass is 19.1. The van der Waals surface area contributed by atoms with E-state index in [1.807, 2.05) is 29.2 Å². The number of nitrogens with one attached hydrogen (secondary N) is 1. The molecule has 2 aliphatic heterocycles. The third-order valence-electron chi connectivity index (χ3n) is 5.61. The van der Waals surface area contributed by atoms with Gasteiger partial charge in [0.1, 0.15) is 5.82 Å². The maximum atomic E-state index is 13.5. The van der Waals surface area contributed by atoms with Gasteiger partial charge in [-0.3, -0.25) is 0 Å². The number of carbonyl (C=O) groups excluding carboxylic acids is 1. The Morgan fingerprint density at radius 1 is 0.893 bits per heavy atom. The third-order valence-corrected chi connectivity index (χ3v) is 5.61. The quantitative estimate of drug-likeness (QED) is 0.885. The van der Waals surface area contributed by atoms with E-state index in [1.54, 1.807) is 12.1 Å². The first-order valence-electron chi connectivity index (χ1n) is 10.0. The molecule has 0 spiro atoms. The summed E-state index contributed by atoms with van der Waals surface area (Å²) in [5.41, 5.74) is 2.09. The molecular weight excluding hydrogens is 355 g/mol. The van der Waals surface area contributed by atoms with E-state index in [9.17, 15) is 9.18 Å². The van der Waals surface area contributed by atoms with Crippen LogP contribution in [0.4, 0.5) is 20.6 Å². The first kappa shape index (κ1) is 18.6. The smallest absolute Gasteiger partial charge is 0.317 e. The molecular formula is C22H27FN4O. The van der Waals surface area contributed by atoms with Crippen molar-refractivity contribution in [2.75, 3.05) is 49.1 Å². The number of hydrogen-bond donors (Lipinski definition) is 1. The second kappa shape index (κ2) is 8.50. The first-order chi connectivity index (χ1) is 13.7. The molecule has 2 amide bonds. The van der Waals surface area contributed by atoms with Gasteiger partial charge >= 0.3 is 6.03 Å². The Bertz CT molecular complexity index is 792. The molecule has 28 heavy (non-hydrogen) atoms. The number of rotatable bonds is 3. The molecule has 5 nitrogen and oxygen atoms in total. The zero-order valence-electron chi connectivity index (χ0n) is 16.1. The van der Waals surface area contributed by atoms with E-state index in [0.717, 1.165) is 57.8 Å². The van der Waals surface area contributed by atoms with Crippen LogP contribution < -0.4 is 15.1 Å². The highest BCUT2D eigenvalue weighted by molar-refractivity contribution is 5.75. The van der Waals surface area contributed by atoms with E-state index in [-0.39, 0.29) is 17.9 Å². The Hall–Kier alpha value is -2.76. The maximum absolute atomic E-state index is 13.5. The van der Waals surface area contributed by atoms with E-state index in [2.05, 4.69) is 27.2 Å². The number of amides is 2. The molecule has 0 saturated carbocycles. The number of benzene rings is 2. The standard InChI is InChI=1S/C22H27FN4O/c23-18-6-4-10-21(16-18)27-11-5-7-19(17-27)24-22(28)26-14-12-25(13-15-26)20-8-2-1-3-9-20/h1-4,6,8-10,16,19H,5,7,11-15,17H2,(H,24,28). The van der Waals surface area contributed by atoms with Crippen molar-refractivity contribution in [2.45, 2.75) is 18.9 Å². The van der Waals surface area contributed by atoms with Gasteiger partial charge in [0.05, 0.1) is 0 Å². The molecule has 2 aromatic rings. The van der Waals surface area contributed by atoms with Crippen molar-refractivity contribution >= 4 is 17.4 Å². The molecule has 2 fully saturated rings. The second-order valence-corrected chi connectivity index (χ2v) is 7.52. The Labute approximate surface area is 165 Å². The van der Waals surface area contributed by atoms with Crippen LogP contribution in [0.25, 0.3) is 0 Å². The highest BCUT2D eigenvalue weighted by Gasteiger charge is 2.26. The molecule has 2 aromatic carbocycles. The van der Waals surface area contributed by atoms with Crippen molar-refractivity contribution in [3.63, 3.8) is 0 Å². The average molecular weight is 382 g/mol. The van der Waals surface area contributed by atoms with Crippen molar-refractivity contribution in [2.24, 2.45) is 0 Å². The Kier molecular flexibility index (Phi) is 5.65. The summed E-state index contributed by atoms with van der Waals surface area (Å²) < 4.78 is 13.5. The van der Waals surface area contributed by atoms with Gasteiger partial charge in [0.2, 0.25) is 0 Å². The second-order valence-electron chi connectivity index (χ2n) is 7.52. The topological polar surface area (TPSA) is 38.8 Å². The predicted octanol–water partition coefficient (Wildman–Crippen LogP) is 3.33. The number of hydrogen-bond acceptors (Lipinski definition) is 3. The summed E-state index contributed by atoms with van der Waals surface area (Å²) in [6.45, 7) is 4.75. The fourth-order valence-electron chi connectivity index (χ4n) is 4.07. The summed E-state index contributed by atoms with van der Waals surface area (Å²) in [5.74, 6) is -0.222. The largest absolute Gasteiger partial charge is 0.369 e. The molecule has 0 radical (unpaired) electrons. The Morgan fingerprint density at radius 3 is 2.39 bits per heavy atom. The summed E-state index contributed by atoms with van der Waals surface area (Å²) in [5, 5.41) is 3.19. The summed E-state index contributed by atoms with van der Waals surface area (Å²) >= 11 is 0. The fraction of sp³-hybridized carbons (Fsp3) is 0.409. The number of piperazine rings is 1. The summed E-state index contributed by atoms with van der Waals surface area (Å²) in [6.07, 6.45) is 1.95. The van der Waals surface area contributed by atoms with Crippen LogP contribution in [0.15, 0.2) is 54.6 Å². The molecule has 0 bridgehead atoms. The average Bonchev–Trinajstić information content (AvgIpc) is 2.75. The number of urea groups is 1. The third kappa shape index (κ3) is 4.38. The lowest BCUT2D eigenvalue weighted by Gasteiger charge is -2.38. The van der Waals surface area contributed by atoms with Crippen LogP contribution in [-0.2, 0) is 0 Å². The number of anilines is 2. The number of piperidine rings is 1. The van der Waals surface area contributed by atoms with Crippen molar-refractivity contribution < 1.29 is 9.18 Å². The van der Waals surface area contributed by atoms with Gasteiger partial charge in [0, 0.05) is 56.7 Å². The molecule has 2 heterocycles. The van der Waals surface area contributed by atoms with Gasteiger partial charge in [-0.25, -0.2) is 9.18 Å². The summed E-state index contributed by atoms with van der Waals surface area (Å²) in [4.78, 5) is 19.1. The Morgan fingerprint density at radius 2 is 1.64 bits per heavy atom. The molecule has 148 valence electrons. The van der Waals surface area contributed by atoms with Crippen LogP contribution in [0.2, 0.25) is 0 Å². The minimum atomic E-state index is -0.222. The van der Waals surface area contributed by atoms with Gasteiger partial charge in [-0.15, -0.1) is 0 Å². The van der Waals surface area contributed by atoms with Crippen LogP contribution in [-0.4, -0.2) is 56.2 Å². The number of para-hydroxylation sites is 1. The van der Waals surface area contributed by atoms with Gasteiger partial charge in [-0.1, -0.05) is 24.3 Å². The van der Waals surface area contributed by atoms with Crippen LogP contribution in [0, 0.1) is 5.82 Å². The van der Waals surface area contributed by atoms with Gasteiger partial charge < -0.3 is 20.0 Å². The van der Waals surface area contributed by atoms with E-state index in [0.29, 0.717) is 0 Å². The van der Waals surface area contributed by atoms with Crippen molar-refractivity contribution in [1.82, 2.24) is 10.2 Å². The molecule has 0 aliphatic carbocycles. The lowest BCUT2D eigenvalue weighted by atomic mass is 10.0. The normalized spacial score (nSPS) is 20.2. The van der Waals surface area contributed by atoms with Crippen molar-refractivity contribution in [1.29, 1.82) is 0 Å². The zero-order chi connectivity index (χ0) is 19.3. The van der Waals surface area contributed by atoms with Crippen LogP contribution in [0.3, 0.4) is 0 Å². The molecule has 4 rings (SSSR count). The van der Waals surface area contributed by atoms with E-state index >= 15 is 0 Å². The highest BCUT2D eigenvalue weighted by Crippen LogP contribution is 2.21. The molecule has 1 atom stereocenters. The molecule has 6 heteroatoms. The first-order valence-corrected chi connectivity index (χ1v) is 10.0. The maximum Gasteiger partial charge on any atom is 0.317 e. The molecule has 0 aromatic heterocycles. The van der Waals surface area contributed by atoms with E-state index in [4.69, 9.17) is 0 Å². The van der Waals surface area contributed by atoms with Gasteiger partial charge in [0.25, 0.3) is 0 Å². The SMILES string of the molecule is O=C(NC1CCCN(c2cccc(F)c2)C1)N1CCN(c2ccccc2)CC1. The van der Waals surface area contributed by atoms with Crippen molar-refractivity contribution in [3.05, 3.63) is 60.4 Å². The Balaban J connectivity index is 1.29. The molecule has 2 saturated heterocycles. The minimum absolute atomic E-state index is 0.0128. The van der Waals surface area contributed by atoms with E-state index < -0.39 is 0 Å². The fourth-order valence-corrected chi connectivity index (χ4v) is 4.07. The van der Waals surface area contributed by atoms with Crippen LogP contribution >= 0.6 is 0 Å². The lowest BCUT2D eigenvalue weighted by Crippen LogP contribution is -2.56. The van der Waals surface area contributed by atoms with Crippen molar-refractivity contribution in [3.8, 4) is 0 Å². The lowest BCUT2D eigenvalue weighted by molar-refractivity contribution is 0.188. The summed E-state index contributed by atoms with van der Waals surface area (Å²) in [7, 11) is 0. The summed E-state index contributed by atoms with van der Waals surface area (Å²) in [6, 6.07) is 17.1. The molecule has 2 aliphatic rings. The van der Waals surface area contributed by atoms with Gasteiger partial charge in [-0.2, -0.15) is 0 Å². The van der Waals surface area contributed by atoms with Gasteiger partial charge in [0.15, 0.2) is 0 Å². The predicted molar refractivity (Wildman–Crippen MR) is 110 cm³/mol. The van der Waals surface area contributed by atoms with Crippen LogP contribution in [0.5, 0.6) is 0 Å². The molecule has 1 N–H and O–H groups in total. The zero-order valence-corrected chi connectivity index (χ0v) is 16.1. The van der Waals surface area contributed by atoms with Gasteiger partial charge in [-0.05, 0) is 43.2 Å². The number of carbonyl (C=O) groups is 1.